The van der Waals surface area contributed by atoms with Crippen LogP contribution in [0.3, 0.4) is 0 Å². The molecule has 7 heterocycles. The van der Waals surface area contributed by atoms with Crippen molar-refractivity contribution >= 4 is 45.3 Å². The molecule has 1 aliphatic rings. The van der Waals surface area contributed by atoms with E-state index in [-0.39, 0.29) is 50.4 Å². The number of benzene rings is 1. The van der Waals surface area contributed by atoms with E-state index in [1.54, 1.807) is 19.2 Å². The molecule has 0 bridgehead atoms. The number of anilines is 1. The van der Waals surface area contributed by atoms with Crippen LogP contribution in [0.25, 0.3) is 33.4 Å². The molecule has 0 aliphatic carbocycles. The first-order valence-electron chi connectivity index (χ1n) is 21.4. The van der Waals surface area contributed by atoms with Crippen molar-refractivity contribution in [2.45, 2.75) is 44.6 Å². The molecule has 1 fully saturated rings. The number of aryl methyl sites for hydroxylation is 2. The summed E-state index contributed by atoms with van der Waals surface area (Å²) in [4.78, 5) is 105. The van der Waals surface area contributed by atoms with E-state index in [2.05, 4.69) is 30.0 Å². The van der Waals surface area contributed by atoms with Crippen LogP contribution >= 0.6 is 0 Å². The van der Waals surface area contributed by atoms with Crippen molar-refractivity contribution in [2.24, 2.45) is 19.8 Å². The molecule has 3 atom stereocenters. The largest absolute Gasteiger partial charge is 0.468 e. The number of methoxy groups -OCH3 is 2. The van der Waals surface area contributed by atoms with Gasteiger partial charge in [0.15, 0.2) is 0 Å². The number of nitrogens with zero attached hydrogens (tertiary/aromatic N) is 9. The highest BCUT2D eigenvalue weighted by Gasteiger charge is 2.46. The maximum Gasteiger partial charge on any atom is 0.411 e. The predicted molar refractivity (Wildman–Crippen MR) is 253 cm³/mol. The second-order valence-corrected chi connectivity index (χ2v) is 16.0. The first-order chi connectivity index (χ1) is 34.2. The van der Waals surface area contributed by atoms with Crippen LogP contribution in [0.15, 0.2) is 105 Å². The topological polar surface area (TPSA) is 260 Å². The molecule has 8 rings (SSSR count). The lowest BCUT2D eigenvalue weighted by atomic mass is 10.1. The number of aromatic nitrogens is 8. The van der Waals surface area contributed by atoms with Crippen LogP contribution in [0.4, 0.5) is 27.6 Å². The molecule has 7 aromatic rings. The number of carbonyl (C=O) groups is 3. The fourth-order valence-corrected chi connectivity index (χ4v) is 7.75. The van der Waals surface area contributed by atoms with E-state index < -0.39 is 94.1 Å². The minimum atomic E-state index is -4.75. The number of pyridine rings is 4. The molecule has 0 unspecified atom stereocenters. The average molecular weight is 1020 g/mol. The van der Waals surface area contributed by atoms with E-state index >= 15 is 8.78 Å². The monoisotopic (exact) mass is 1020 g/mol. The summed E-state index contributed by atoms with van der Waals surface area (Å²) in [5, 5.41) is 2.77. The van der Waals surface area contributed by atoms with Gasteiger partial charge in [-0.05, 0) is 53.9 Å². The fourth-order valence-electron chi connectivity index (χ4n) is 7.75. The number of halogens is 5. The number of hydrogen-bond donors (Lipinski definition) is 2. The van der Waals surface area contributed by atoms with Crippen molar-refractivity contribution in [3.63, 3.8) is 0 Å². The van der Waals surface area contributed by atoms with Crippen molar-refractivity contribution in [1.29, 1.82) is 0 Å². The van der Waals surface area contributed by atoms with E-state index in [9.17, 15) is 46.7 Å². The molecule has 6 aromatic heterocycles. The van der Waals surface area contributed by atoms with Gasteiger partial charge in [0.2, 0.25) is 0 Å². The van der Waals surface area contributed by atoms with E-state index in [1.165, 1.54) is 84.7 Å². The van der Waals surface area contributed by atoms with E-state index in [1.807, 2.05) is 0 Å². The zero-order valence-corrected chi connectivity index (χ0v) is 38.4. The van der Waals surface area contributed by atoms with Crippen molar-refractivity contribution in [1.82, 2.24) is 43.5 Å². The number of carbonyl (C=O) groups excluding carboxylic acids is 3. The Hall–Kier alpha value is -8.52. The molecule has 1 saturated heterocycles. The van der Waals surface area contributed by atoms with Crippen molar-refractivity contribution in [3.8, 4) is 11.6 Å². The normalized spacial score (nSPS) is 14.3. The maximum absolute atomic E-state index is 15.1. The average Bonchev–Trinajstić information content (AvgIpc) is 3.37. The van der Waals surface area contributed by atoms with E-state index in [0.717, 1.165) is 21.1 Å². The van der Waals surface area contributed by atoms with Gasteiger partial charge in [0.1, 0.15) is 47.0 Å². The molecule has 0 saturated carbocycles. The predicted octanol–water partition coefficient (Wildman–Crippen LogP) is 2.20. The number of ether oxygens (including phenoxy) is 3. The second kappa shape index (κ2) is 22.3. The quantitative estimate of drug-likeness (QED) is 0.139. The first-order valence-corrected chi connectivity index (χ1v) is 21.4. The molecular weight excluding hydrogens is 974 g/mol. The summed E-state index contributed by atoms with van der Waals surface area (Å²) in [5.41, 5.74) is 3.57. The Bertz CT molecular complexity index is 3430. The lowest BCUT2D eigenvalue weighted by Crippen LogP contribution is -2.53. The number of amides is 1. The molecule has 0 spiro atoms. The molecule has 384 valence electrons. The van der Waals surface area contributed by atoms with Gasteiger partial charge in [-0.25, -0.2) is 42.3 Å². The number of nitrogens with two attached hydrogens (primary N) is 1. The Kier molecular flexibility index (Phi) is 16.4. The summed E-state index contributed by atoms with van der Waals surface area (Å²) in [6.07, 6.45) is 3.63. The molecule has 1 aromatic carbocycles. The highest BCUT2D eigenvalue weighted by molar-refractivity contribution is 5.97. The summed E-state index contributed by atoms with van der Waals surface area (Å²) >= 11 is 0. The van der Waals surface area contributed by atoms with Crippen molar-refractivity contribution < 1.29 is 50.5 Å². The molecule has 0 radical (unpaired) electrons. The van der Waals surface area contributed by atoms with Gasteiger partial charge in [0.25, 0.3) is 17.0 Å². The maximum atomic E-state index is 15.1. The number of esters is 2. The minimum absolute atomic E-state index is 0. The van der Waals surface area contributed by atoms with Crippen LogP contribution in [0.1, 0.15) is 28.9 Å². The van der Waals surface area contributed by atoms with Gasteiger partial charge >= 0.3 is 29.5 Å². The molecule has 26 heteroatoms. The Morgan fingerprint density at radius 1 is 0.767 bits per heavy atom. The van der Waals surface area contributed by atoms with Gasteiger partial charge < -0.3 is 30.2 Å². The van der Waals surface area contributed by atoms with Gasteiger partial charge in [-0.15, -0.1) is 0 Å². The number of rotatable bonds is 11. The molecule has 21 nitrogen and oxygen atoms in total. The standard InChI is InChI=1S/C29H25F5N6O6.C17H17N5O4.CH4/c1-38-21-13-35-6-5-17(21)26(42)40(28(38)44)23-4-3-15(12-36-23)9-20(27(43)45-2)37-25(41)24-18(30)10-16(11-19(24)31)39-7-8-46-14-22(39)29(32,33)34;1-21-13-9-19-6-5-11(13)15(23)22(17(21)25)14-4-3-10(8-20-14)7-12(18)16(24)26-2;/h3-6,10-13,20,22H,7-9,14H2,1-2H3,(H,37,41);3-6,8-9,12H,7,18H2,1-2H3;1H4/t20-,22+;12-;/m00./s1. The van der Waals surface area contributed by atoms with Crippen LogP contribution in [0.5, 0.6) is 0 Å². The van der Waals surface area contributed by atoms with Crippen LogP contribution in [-0.4, -0.2) is 114 Å². The summed E-state index contributed by atoms with van der Waals surface area (Å²) in [7, 11) is 5.31. The molecule has 73 heavy (non-hydrogen) atoms. The summed E-state index contributed by atoms with van der Waals surface area (Å²) < 4.78 is 89.2. The number of morpholine rings is 1. The minimum Gasteiger partial charge on any atom is -0.468 e. The zero-order valence-electron chi connectivity index (χ0n) is 38.4. The van der Waals surface area contributed by atoms with Gasteiger partial charge in [-0.1, -0.05) is 19.6 Å². The van der Waals surface area contributed by atoms with Gasteiger partial charge in [0.05, 0.1) is 61.6 Å². The molecular formula is C47H46F5N11O10. The van der Waals surface area contributed by atoms with Crippen LogP contribution in [0, 0.1) is 11.6 Å². The fraction of sp³-hybridized carbons (Fsp3) is 0.298. The number of fused-ring (bicyclic) bond motifs is 2. The Balaban J connectivity index is 0.000000273. The van der Waals surface area contributed by atoms with Gasteiger partial charge in [-0.3, -0.25) is 38.3 Å². The van der Waals surface area contributed by atoms with Crippen molar-refractivity contribution in [2.75, 3.05) is 38.9 Å². The highest BCUT2D eigenvalue weighted by atomic mass is 19.4. The SMILES string of the molecule is C.COC(=O)[C@@H](N)Cc1ccc(-n2c(=O)c3ccncc3n(C)c2=O)nc1.COC(=O)[C@H](Cc1ccc(-n2c(=O)c3ccncc3n(C)c2=O)nc1)NC(=O)c1c(F)cc(N2CCOC[C@@H]2C(F)(F)F)cc1F. The summed E-state index contributed by atoms with van der Waals surface area (Å²) in [6, 6.07) is 5.72. The van der Waals surface area contributed by atoms with Crippen LogP contribution in [0.2, 0.25) is 0 Å². The Labute approximate surface area is 409 Å². The summed E-state index contributed by atoms with van der Waals surface area (Å²) in [5.74, 6) is -5.63. The number of alkyl halides is 3. The third kappa shape index (κ3) is 11.2. The second-order valence-electron chi connectivity index (χ2n) is 16.0. The highest BCUT2D eigenvalue weighted by Crippen LogP contribution is 2.33. The van der Waals surface area contributed by atoms with Crippen LogP contribution < -0.4 is 38.4 Å². The van der Waals surface area contributed by atoms with E-state index in [4.69, 9.17) is 15.2 Å². The lowest BCUT2D eigenvalue weighted by molar-refractivity contribution is -0.167. The van der Waals surface area contributed by atoms with Crippen LogP contribution in [-0.2, 0) is 50.7 Å². The molecule has 3 N–H and O–H groups in total. The van der Waals surface area contributed by atoms with Gasteiger partial charge in [0, 0.05) is 57.5 Å². The Morgan fingerprint density at radius 2 is 1.26 bits per heavy atom. The van der Waals surface area contributed by atoms with E-state index in [0.29, 0.717) is 39.7 Å². The first kappa shape index (κ1) is 53.8. The summed E-state index contributed by atoms with van der Waals surface area (Å²) in [6.45, 7) is -1.14. The zero-order chi connectivity index (χ0) is 52.2. The molecule has 1 amide bonds. The number of nitrogens with one attached hydrogen (secondary N) is 1. The third-order valence-corrected chi connectivity index (χ3v) is 11.5. The Morgan fingerprint density at radius 3 is 1.71 bits per heavy atom. The smallest absolute Gasteiger partial charge is 0.411 e. The number of hydrogen-bond acceptors (Lipinski definition) is 16. The molecule has 1 aliphatic heterocycles. The van der Waals surface area contributed by atoms with Crippen molar-refractivity contribution in [3.05, 3.63) is 156 Å². The third-order valence-electron chi connectivity index (χ3n) is 11.5. The van der Waals surface area contributed by atoms with Gasteiger partial charge in [-0.2, -0.15) is 13.2 Å². The lowest BCUT2D eigenvalue weighted by Gasteiger charge is -2.38.